The van der Waals surface area contributed by atoms with Crippen LogP contribution in [0.15, 0.2) is 16.6 Å². The maximum Gasteiger partial charge on any atom is 0.0499 e. The minimum atomic E-state index is 1.17. The van der Waals surface area contributed by atoms with Crippen LogP contribution in [-0.2, 0) is 0 Å². The van der Waals surface area contributed by atoms with Crippen molar-refractivity contribution < 1.29 is 0 Å². The van der Waals surface area contributed by atoms with Crippen molar-refractivity contribution in [2.45, 2.75) is 20.8 Å². The molecule has 1 aromatic carbocycles. The van der Waals surface area contributed by atoms with E-state index in [0.29, 0.717) is 0 Å². The monoisotopic (exact) mass is 237 g/mol. The normalized spacial score (nSPS) is 11.1. The lowest BCUT2D eigenvalue weighted by Gasteiger charge is -1.99. The highest BCUT2D eigenvalue weighted by atomic mass is 79.9. The van der Waals surface area contributed by atoms with Crippen molar-refractivity contribution in [2.24, 2.45) is 0 Å². The molecule has 1 nitrogen and oxygen atoms in total. The molecular formula is C11H12BrN. The van der Waals surface area contributed by atoms with Crippen LogP contribution < -0.4 is 0 Å². The van der Waals surface area contributed by atoms with E-state index in [4.69, 9.17) is 0 Å². The van der Waals surface area contributed by atoms with Gasteiger partial charge in [0.1, 0.15) is 0 Å². The summed E-state index contributed by atoms with van der Waals surface area (Å²) in [4.78, 5) is 3.41. The van der Waals surface area contributed by atoms with Crippen LogP contribution in [0.4, 0.5) is 0 Å². The van der Waals surface area contributed by atoms with E-state index >= 15 is 0 Å². The molecule has 1 N–H and O–H groups in total. The number of nitrogens with one attached hydrogen (secondary N) is 1. The Kier molecular flexibility index (Phi) is 1.95. The van der Waals surface area contributed by atoms with Gasteiger partial charge in [-0.25, -0.2) is 0 Å². The van der Waals surface area contributed by atoms with Gasteiger partial charge in [-0.2, -0.15) is 0 Å². The van der Waals surface area contributed by atoms with Crippen molar-refractivity contribution >= 4 is 26.8 Å². The summed E-state index contributed by atoms with van der Waals surface area (Å²) in [5.74, 6) is 0. The number of benzene rings is 1. The molecule has 0 fully saturated rings. The Morgan fingerprint density at radius 1 is 1.08 bits per heavy atom. The molecule has 0 saturated heterocycles. The van der Waals surface area contributed by atoms with E-state index < -0.39 is 0 Å². The number of aromatic amines is 1. The summed E-state index contributed by atoms with van der Waals surface area (Å²) in [6.45, 7) is 6.39. The lowest BCUT2D eigenvalue weighted by Crippen LogP contribution is -1.78. The third-order valence-electron chi connectivity index (χ3n) is 2.68. The molecule has 0 spiro atoms. The largest absolute Gasteiger partial charge is 0.358 e. The van der Waals surface area contributed by atoms with E-state index in [1.54, 1.807) is 0 Å². The number of hydrogen-bond donors (Lipinski definition) is 1. The molecule has 0 saturated carbocycles. The molecule has 1 heterocycles. The third kappa shape index (κ3) is 1.20. The van der Waals surface area contributed by atoms with Gasteiger partial charge in [0, 0.05) is 21.1 Å². The molecule has 2 rings (SSSR count). The van der Waals surface area contributed by atoms with E-state index in [-0.39, 0.29) is 0 Å². The second kappa shape index (κ2) is 2.88. The molecule has 0 unspecified atom stereocenters. The van der Waals surface area contributed by atoms with Gasteiger partial charge in [0.05, 0.1) is 0 Å². The van der Waals surface area contributed by atoms with E-state index in [1.807, 2.05) is 0 Å². The molecule has 2 heteroatoms. The fourth-order valence-electron chi connectivity index (χ4n) is 1.64. The van der Waals surface area contributed by atoms with Gasteiger partial charge in [0.2, 0.25) is 0 Å². The molecule has 0 bridgehead atoms. The first-order valence-corrected chi connectivity index (χ1v) is 5.14. The number of halogens is 1. The second-order valence-electron chi connectivity index (χ2n) is 3.47. The molecule has 13 heavy (non-hydrogen) atoms. The average molecular weight is 238 g/mol. The smallest absolute Gasteiger partial charge is 0.0499 e. The van der Waals surface area contributed by atoms with Crippen molar-refractivity contribution in [1.82, 2.24) is 4.98 Å². The quantitative estimate of drug-likeness (QED) is 0.717. The Hall–Kier alpha value is -0.760. The van der Waals surface area contributed by atoms with Gasteiger partial charge in [0.15, 0.2) is 0 Å². The van der Waals surface area contributed by atoms with Crippen molar-refractivity contribution in [3.63, 3.8) is 0 Å². The predicted octanol–water partition coefficient (Wildman–Crippen LogP) is 3.86. The highest BCUT2D eigenvalue weighted by molar-refractivity contribution is 9.10. The lowest BCUT2D eigenvalue weighted by molar-refractivity contribution is 1.25. The number of aromatic nitrogens is 1. The van der Waals surface area contributed by atoms with Crippen molar-refractivity contribution in [3.05, 3.63) is 33.4 Å². The van der Waals surface area contributed by atoms with Crippen LogP contribution in [0, 0.1) is 20.8 Å². The first-order chi connectivity index (χ1) is 6.11. The highest BCUT2D eigenvalue weighted by Crippen LogP contribution is 2.28. The molecule has 0 aliphatic heterocycles. The highest BCUT2D eigenvalue weighted by Gasteiger charge is 2.07. The SMILES string of the molecule is Cc1[nH]c2c(C)c(Br)ccc2c1C. The van der Waals surface area contributed by atoms with Crippen LogP contribution in [0.1, 0.15) is 16.8 Å². The molecule has 0 amide bonds. The minimum Gasteiger partial charge on any atom is -0.358 e. The summed E-state index contributed by atoms with van der Waals surface area (Å²) in [6.07, 6.45) is 0. The zero-order valence-corrected chi connectivity index (χ0v) is 9.62. The molecule has 0 aliphatic carbocycles. The van der Waals surface area contributed by atoms with Gasteiger partial charge >= 0.3 is 0 Å². The Morgan fingerprint density at radius 3 is 2.46 bits per heavy atom. The van der Waals surface area contributed by atoms with Crippen LogP contribution in [0.5, 0.6) is 0 Å². The van der Waals surface area contributed by atoms with Gasteiger partial charge in [0.25, 0.3) is 0 Å². The van der Waals surface area contributed by atoms with Gasteiger partial charge in [-0.3, -0.25) is 0 Å². The third-order valence-corrected chi connectivity index (χ3v) is 3.54. The molecule has 0 aliphatic rings. The standard InChI is InChI=1S/C11H12BrN/c1-6-8(3)13-11-7(2)10(12)5-4-9(6)11/h4-5,13H,1-3H3. The number of H-pyrrole nitrogens is 1. The van der Waals surface area contributed by atoms with Gasteiger partial charge in [-0.05, 0) is 38.0 Å². The van der Waals surface area contributed by atoms with Gasteiger partial charge < -0.3 is 4.98 Å². The first kappa shape index (κ1) is 8.82. The summed E-state index contributed by atoms with van der Waals surface area (Å²) >= 11 is 3.53. The zero-order chi connectivity index (χ0) is 9.59. The maximum atomic E-state index is 3.53. The maximum absolute atomic E-state index is 3.53. The summed E-state index contributed by atoms with van der Waals surface area (Å²) in [7, 11) is 0. The number of fused-ring (bicyclic) bond motifs is 1. The fraction of sp³-hybridized carbons (Fsp3) is 0.273. The van der Waals surface area contributed by atoms with Crippen molar-refractivity contribution in [2.75, 3.05) is 0 Å². The number of aryl methyl sites for hydroxylation is 3. The zero-order valence-electron chi connectivity index (χ0n) is 8.03. The van der Waals surface area contributed by atoms with Crippen LogP contribution in [-0.4, -0.2) is 4.98 Å². The Bertz CT molecular complexity index is 468. The fourth-order valence-corrected chi connectivity index (χ4v) is 1.97. The number of rotatable bonds is 0. The number of hydrogen-bond acceptors (Lipinski definition) is 0. The molecule has 68 valence electrons. The topological polar surface area (TPSA) is 15.8 Å². The molecule has 0 radical (unpaired) electrons. The Labute approximate surface area is 86.3 Å². The summed E-state index contributed by atoms with van der Waals surface area (Å²) in [5, 5.41) is 1.33. The summed E-state index contributed by atoms with van der Waals surface area (Å²) in [6, 6.07) is 4.27. The van der Waals surface area contributed by atoms with Crippen molar-refractivity contribution in [1.29, 1.82) is 0 Å². The van der Waals surface area contributed by atoms with Crippen molar-refractivity contribution in [3.8, 4) is 0 Å². The van der Waals surface area contributed by atoms with Crippen LogP contribution in [0.3, 0.4) is 0 Å². The first-order valence-electron chi connectivity index (χ1n) is 4.35. The molecule has 0 atom stereocenters. The molecular weight excluding hydrogens is 226 g/mol. The molecule has 2 aromatic rings. The van der Waals surface area contributed by atoms with Gasteiger partial charge in [-0.15, -0.1) is 0 Å². The van der Waals surface area contributed by atoms with E-state index in [1.165, 1.54) is 32.2 Å². The summed E-state index contributed by atoms with van der Waals surface area (Å²) < 4.78 is 1.17. The second-order valence-corrected chi connectivity index (χ2v) is 4.32. The van der Waals surface area contributed by atoms with Crippen LogP contribution in [0.25, 0.3) is 10.9 Å². The van der Waals surface area contributed by atoms with E-state index in [0.717, 1.165) is 0 Å². The average Bonchev–Trinajstić information content (AvgIpc) is 2.38. The molecule has 1 aromatic heterocycles. The Balaban J connectivity index is 2.94. The minimum absolute atomic E-state index is 1.17. The van der Waals surface area contributed by atoms with E-state index in [2.05, 4.69) is 53.8 Å². The summed E-state index contributed by atoms with van der Waals surface area (Å²) in [5.41, 5.74) is 5.15. The van der Waals surface area contributed by atoms with Crippen LogP contribution in [0.2, 0.25) is 0 Å². The van der Waals surface area contributed by atoms with E-state index in [9.17, 15) is 0 Å². The lowest BCUT2D eigenvalue weighted by atomic mass is 10.1. The van der Waals surface area contributed by atoms with Crippen LogP contribution >= 0.6 is 15.9 Å². The Morgan fingerprint density at radius 2 is 1.77 bits per heavy atom. The van der Waals surface area contributed by atoms with Gasteiger partial charge in [-0.1, -0.05) is 22.0 Å². The predicted molar refractivity (Wildman–Crippen MR) is 60.2 cm³/mol.